The number of fused-ring (bicyclic) bond motifs is 7. The van der Waals surface area contributed by atoms with Crippen LogP contribution in [0.3, 0.4) is 0 Å². The highest BCUT2D eigenvalue weighted by Crippen LogP contribution is 2.49. The van der Waals surface area contributed by atoms with Gasteiger partial charge in [0, 0.05) is 10.6 Å². The zero-order chi connectivity index (χ0) is 19.4. The number of benzene rings is 4. The molecule has 2 atom stereocenters. The van der Waals surface area contributed by atoms with E-state index in [0.29, 0.717) is 0 Å². The number of halogens is 1. The molecule has 2 aliphatic rings. The van der Waals surface area contributed by atoms with Crippen molar-refractivity contribution < 1.29 is 4.74 Å². The number of hydrogen-bond donors (Lipinski definition) is 0. The molecule has 2 heterocycles. The number of para-hydroxylation sites is 1. The van der Waals surface area contributed by atoms with Crippen molar-refractivity contribution in [3.05, 3.63) is 113 Å². The van der Waals surface area contributed by atoms with Gasteiger partial charge in [0.15, 0.2) is 6.23 Å². The molecule has 0 aromatic heterocycles. The zero-order valence-electron chi connectivity index (χ0n) is 15.6. The summed E-state index contributed by atoms with van der Waals surface area (Å²) >= 11 is 6.15. The highest BCUT2D eigenvalue weighted by molar-refractivity contribution is 6.30. The van der Waals surface area contributed by atoms with Crippen molar-refractivity contribution in [2.75, 3.05) is 4.90 Å². The van der Waals surface area contributed by atoms with Crippen LogP contribution in [-0.4, -0.2) is 6.23 Å². The minimum atomic E-state index is -0.162. The van der Waals surface area contributed by atoms with Gasteiger partial charge in [0.05, 0.1) is 11.4 Å². The second-order valence-electron chi connectivity index (χ2n) is 7.47. The van der Waals surface area contributed by atoms with E-state index in [0.717, 1.165) is 10.6 Å². The minimum Gasteiger partial charge on any atom is -0.342 e. The maximum atomic E-state index is 6.70. The third-order valence-electron chi connectivity index (χ3n) is 5.81. The van der Waals surface area contributed by atoms with Gasteiger partial charge in [-0.05, 0) is 52.2 Å². The summed E-state index contributed by atoms with van der Waals surface area (Å²) < 4.78 is 6.70. The Morgan fingerprint density at radius 3 is 2.45 bits per heavy atom. The number of rotatable bonds is 1. The number of anilines is 2. The fourth-order valence-corrected chi connectivity index (χ4v) is 4.62. The Balaban J connectivity index is 1.64. The van der Waals surface area contributed by atoms with Gasteiger partial charge in [0.1, 0.15) is 6.10 Å². The van der Waals surface area contributed by atoms with Crippen molar-refractivity contribution in [3.63, 3.8) is 0 Å². The number of nitrogens with zero attached hydrogens (tertiary/aromatic N) is 1. The third kappa shape index (κ3) is 2.61. The summed E-state index contributed by atoms with van der Waals surface area (Å²) in [6, 6.07) is 29.4. The first-order valence-corrected chi connectivity index (χ1v) is 10.2. The van der Waals surface area contributed by atoms with Gasteiger partial charge < -0.3 is 9.64 Å². The maximum Gasteiger partial charge on any atom is 0.155 e. The van der Waals surface area contributed by atoms with Crippen molar-refractivity contribution in [1.82, 2.24) is 0 Å². The van der Waals surface area contributed by atoms with Crippen molar-refractivity contribution in [3.8, 4) is 0 Å². The van der Waals surface area contributed by atoms with Crippen LogP contribution >= 0.6 is 11.6 Å². The van der Waals surface area contributed by atoms with Crippen molar-refractivity contribution in [2.24, 2.45) is 0 Å². The first-order valence-electron chi connectivity index (χ1n) is 9.79. The normalized spacial score (nSPS) is 19.6. The van der Waals surface area contributed by atoms with E-state index in [1.807, 2.05) is 12.1 Å². The van der Waals surface area contributed by atoms with Gasteiger partial charge in [-0.3, -0.25) is 0 Å². The largest absolute Gasteiger partial charge is 0.342 e. The van der Waals surface area contributed by atoms with E-state index in [4.69, 9.17) is 16.3 Å². The van der Waals surface area contributed by atoms with Crippen LogP contribution in [0.4, 0.5) is 11.4 Å². The Hall–Kier alpha value is -3.07. The molecule has 0 bridgehead atoms. The van der Waals surface area contributed by atoms with E-state index < -0.39 is 0 Å². The van der Waals surface area contributed by atoms with Gasteiger partial charge in [-0.25, -0.2) is 0 Å². The highest BCUT2D eigenvalue weighted by atomic mass is 35.5. The molecule has 0 radical (unpaired) electrons. The SMILES string of the molecule is Clc1ccc([C@H]2O[C@H]3C=Cc4ccccc4N3c3ccc4ccccc4c32)cc1. The molecule has 2 aliphatic heterocycles. The summed E-state index contributed by atoms with van der Waals surface area (Å²) in [5.74, 6) is 0. The lowest BCUT2D eigenvalue weighted by Gasteiger charge is -2.44. The Morgan fingerprint density at radius 1 is 0.759 bits per heavy atom. The summed E-state index contributed by atoms with van der Waals surface area (Å²) in [7, 11) is 0. The van der Waals surface area contributed by atoms with Crippen molar-refractivity contribution in [1.29, 1.82) is 0 Å². The second kappa shape index (κ2) is 6.48. The standard InChI is InChI=1S/C26H18ClNO/c27-20-13-9-19(10-14-20)26-25-21-7-3-1-5-17(21)11-15-23(25)28-22-8-4-2-6-18(22)12-16-24(28)29-26/h1-16,24,26H/t24-,26+/m0/s1. The lowest BCUT2D eigenvalue weighted by molar-refractivity contribution is 0.0312. The fourth-order valence-electron chi connectivity index (χ4n) is 4.49. The molecule has 0 aliphatic carbocycles. The Morgan fingerprint density at radius 2 is 1.55 bits per heavy atom. The molecule has 29 heavy (non-hydrogen) atoms. The van der Waals surface area contributed by atoms with Gasteiger partial charge in [-0.2, -0.15) is 0 Å². The topological polar surface area (TPSA) is 12.5 Å². The first-order chi connectivity index (χ1) is 14.3. The first kappa shape index (κ1) is 16.8. The minimum absolute atomic E-state index is 0.153. The van der Waals surface area contributed by atoms with E-state index in [-0.39, 0.29) is 12.3 Å². The van der Waals surface area contributed by atoms with Gasteiger partial charge in [-0.15, -0.1) is 0 Å². The smallest absolute Gasteiger partial charge is 0.155 e. The monoisotopic (exact) mass is 395 g/mol. The van der Waals surface area contributed by atoms with E-state index in [9.17, 15) is 0 Å². The Labute approximate surface area is 174 Å². The molecule has 4 aromatic carbocycles. The predicted octanol–water partition coefficient (Wildman–Crippen LogP) is 7.10. The molecule has 0 saturated heterocycles. The second-order valence-corrected chi connectivity index (χ2v) is 7.90. The molecule has 0 fully saturated rings. The van der Waals surface area contributed by atoms with E-state index in [1.54, 1.807) is 0 Å². The summed E-state index contributed by atoms with van der Waals surface area (Å²) in [6.07, 6.45) is 3.98. The van der Waals surface area contributed by atoms with Gasteiger partial charge in [-0.1, -0.05) is 78.3 Å². The molecule has 0 N–H and O–H groups in total. The van der Waals surface area contributed by atoms with Crippen LogP contribution in [-0.2, 0) is 4.74 Å². The van der Waals surface area contributed by atoms with Crippen molar-refractivity contribution >= 4 is 39.8 Å². The molecule has 0 amide bonds. The van der Waals surface area contributed by atoms with Crippen LogP contribution < -0.4 is 4.90 Å². The molecule has 140 valence electrons. The molecule has 0 spiro atoms. The van der Waals surface area contributed by atoms with Crippen LogP contribution in [0.25, 0.3) is 16.8 Å². The molecular weight excluding hydrogens is 378 g/mol. The summed E-state index contributed by atoms with van der Waals surface area (Å²) in [4.78, 5) is 2.31. The van der Waals surface area contributed by atoms with Crippen LogP contribution in [0.1, 0.15) is 22.8 Å². The average molecular weight is 396 g/mol. The summed E-state index contributed by atoms with van der Waals surface area (Å²) in [5.41, 5.74) is 5.88. The zero-order valence-corrected chi connectivity index (χ0v) is 16.4. The highest BCUT2D eigenvalue weighted by Gasteiger charge is 2.37. The van der Waals surface area contributed by atoms with Crippen LogP contribution in [0.2, 0.25) is 5.02 Å². The molecule has 3 heteroatoms. The molecule has 0 unspecified atom stereocenters. The quantitative estimate of drug-likeness (QED) is 0.340. The van der Waals surface area contributed by atoms with E-state index in [1.165, 1.54) is 33.3 Å². The third-order valence-corrected chi connectivity index (χ3v) is 6.06. The molecule has 4 aromatic rings. The molecule has 0 saturated carbocycles. The molecular formula is C26H18ClNO. The molecule has 6 rings (SSSR count). The maximum absolute atomic E-state index is 6.70. The average Bonchev–Trinajstić information content (AvgIpc) is 2.78. The summed E-state index contributed by atoms with van der Waals surface area (Å²) in [6.45, 7) is 0. The lowest BCUT2D eigenvalue weighted by atomic mass is 9.90. The van der Waals surface area contributed by atoms with Gasteiger partial charge in [0.2, 0.25) is 0 Å². The number of hydrogen-bond acceptors (Lipinski definition) is 2. The lowest BCUT2D eigenvalue weighted by Crippen LogP contribution is -2.40. The van der Waals surface area contributed by atoms with Crippen LogP contribution in [0.15, 0.2) is 91.0 Å². The fraction of sp³-hybridized carbons (Fsp3) is 0.0769. The van der Waals surface area contributed by atoms with E-state index in [2.05, 4.69) is 89.8 Å². The van der Waals surface area contributed by atoms with Crippen LogP contribution in [0, 0.1) is 0 Å². The summed E-state index contributed by atoms with van der Waals surface area (Å²) in [5, 5.41) is 3.17. The van der Waals surface area contributed by atoms with E-state index >= 15 is 0 Å². The predicted molar refractivity (Wildman–Crippen MR) is 120 cm³/mol. The molecule has 2 nitrogen and oxygen atoms in total. The van der Waals surface area contributed by atoms with Gasteiger partial charge >= 0.3 is 0 Å². The van der Waals surface area contributed by atoms with Crippen molar-refractivity contribution in [2.45, 2.75) is 12.3 Å². The van der Waals surface area contributed by atoms with Crippen LogP contribution in [0.5, 0.6) is 0 Å². The Bertz CT molecular complexity index is 1260. The van der Waals surface area contributed by atoms with Gasteiger partial charge in [0.25, 0.3) is 0 Å². The number of ether oxygens (including phenoxy) is 1. The Kier molecular flexibility index (Phi) is 3.77.